The molecule has 0 saturated heterocycles. The van der Waals surface area contributed by atoms with Crippen molar-refractivity contribution in [2.75, 3.05) is 13.2 Å². The second-order valence-electron chi connectivity index (χ2n) is 30.2. The summed E-state index contributed by atoms with van der Waals surface area (Å²) in [5, 5.41) is 23.3. The highest BCUT2D eigenvalue weighted by Crippen LogP contribution is 2.21. The third-order valence-corrected chi connectivity index (χ3v) is 20.8. The zero-order valence-corrected chi connectivity index (χ0v) is 63.8. The van der Waals surface area contributed by atoms with E-state index in [-0.39, 0.29) is 18.5 Å². The van der Waals surface area contributed by atoms with Gasteiger partial charge in [0.05, 0.1) is 25.4 Å². The number of hydrogen-bond acceptors (Lipinski definition) is 5. The van der Waals surface area contributed by atoms with Crippen LogP contribution in [0.4, 0.5) is 0 Å². The molecule has 0 rings (SSSR count). The van der Waals surface area contributed by atoms with Crippen LogP contribution in [0.1, 0.15) is 508 Å². The van der Waals surface area contributed by atoms with Crippen LogP contribution in [-0.2, 0) is 14.3 Å². The van der Waals surface area contributed by atoms with Gasteiger partial charge in [0, 0.05) is 12.8 Å². The number of esters is 1. The fourth-order valence-corrected chi connectivity index (χ4v) is 14.2. The molecule has 3 N–H and O–H groups in total. The molecular weight excluding hydrogens is 1140 g/mol. The molecule has 554 valence electrons. The minimum Gasteiger partial charge on any atom is -0.466 e. The quantitative estimate of drug-likeness (QED) is 0.0320. The van der Waals surface area contributed by atoms with Crippen LogP contribution in [0, 0.1) is 0 Å². The molecule has 2 atom stereocenters. The van der Waals surface area contributed by atoms with Crippen molar-refractivity contribution in [1.82, 2.24) is 5.32 Å². The maximum atomic E-state index is 12.6. The molecule has 0 saturated carbocycles. The Morgan fingerprint density at radius 2 is 0.495 bits per heavy atom. The Labute approximate surface area is 584 Å². The molecule has 0 fully saturated rings. The van der Waals surface area contributed by atoms with Gasteiger partial charge in [-0.3, -0.25) is 9.59 Å². The molecule has 0 aromatic heterocycles. The average Bonchev–Trinajstić information content (AvgIpc) is 3.76. The van der Waals surface area contributed by atoms with Gasteiger partial charge in [-0.2, -0.15) is 0 Å². The van der Waals surface area contributed by atoms with Crippen molar-refractivity contribution in [3.8, 4) is 0 Å². The Hall–Kier alpha value is -1.40. The SMILES string of the molecule is CCCCCCCCCCCCCCCCCCCCCCCCC/C=C/C(O)C(CO)NC(=O)CCCCCCCCCCCCCCCCCCCCCCCCCCCCCCCCCCCCCCCCCOC(=O)CCCCCCCCCCCCCC. The Morgan fingerprint density at radius 1 is 0.290 bits per heavy atom. The topological polar surface area (TPSA) is 95.9 Å². The molecule has 6 heteroatoms. The summed E-state index contributed by atoms with van der Waals surface area (Å²) in [7, 11) is 0. The standard InChI is InChI=1S/C87H171NO5/c1-3-5-7-9-11-13-15-17-18-19-20-21-22-38-41-44-47-50-53-56-59-63-67-71-75-79-85(90)84(83-89)88-86(91)80-76-72-68-64-60-57-54-51-48-45-42-39-36-34-32-30-28-26-24-23-25-27-29-31-33-35-37-40-43-46-49-52-55-58-62-66-70-74-78-82-93-87(92)81-77-73-69-65-61-16-14-12-10-8-6-4-2/h75,79,84-85,89-90H,3-74,76-78,80-83H2,1-2H3,(H,88,91)/b79-75+. The summed E-state index contributed by atoms with van der Waals surface area (Å²) in [6.45, 7) is 4.97. The van der Waals surface area contributed by atoms with Crippen LogP contribution in [-0.4, -0.2) is 47.4 Å². The maximum absolute atomic E-state index is 12.6. The van der Waals surface area contributed by atoms with Gasteiger partial charge < -0.3 is 20.3 Å². The number of allylic oxidation sites excluding steroid dienone is 1. The van der Waals surface area contributed by atoms with Crippen molar-refractivity contribution in [1.29, 1.82) is 0 Å². The number of nitrogens with one attached hydrogen (secondary N) is 1. The molecule has 0 aliphatic carbocycles. The predicted molar refractivity (Wildman–Crippen MR) is 412 cm³/mol. The molecule has 6 nitrogen and oxygen atoms in total. The Balaban J connectivity index is 3.32. The predicted octanol–water partition coefficient (Wildman–Crippen LogP) is 29.0. The van der Waals surface area contributed by atoms with Crippen molar-refractivity contribution in [3.05, 3.63) is 12.2 Å². The van der Waals surface area contributed by atoms with Crippen LogP contribution >= 0.6 is 0 Å². The number of amides is 1. The van der Waals surface area contributed by atoms with Crippen LogP contribution < -0.4 is 5.32 Å². The summed E-state index contributed by atoms with van der Waals surface area (Å²) in [5.41, 5.74) is 0. The number of aliphatic hydroxyl groups is 2. The number of unbranched alkanes of at least 4 members (excludes halogenated alkanes) is 72. The number of rotatable bonds is 83. The van der Waals surface area contributed by atoms with Gasteiger partial charge in [0.2, 0.25) is 5.91 Å². The first-order valence-electron chi connectivity index (χ1n) is 43.5. The van der Waals surface area contributed by atoms with Gasteiger partial charge in [0.15, 0.2) is 0 Å². The van der Waals surface area contributed by atoms with Gasteiger partial charge in [-0.1, -0.05) is 475 Å². The summed E-state index contributed by atoms with van der Waals surface area (Å²) >= 11 is 0. The van der Waals surface area contributed by atoms with Crippen molar-refractivity contribution in [2.45, 2.75) is 520 Å². The largest absolute Gasteiger partial charge is 0.466 e. The van der Waals surface area contributed by atoms with Crippen molar-refractivity contribution in [3.63, 3.8) is 0 Å². The molecule has 0 aliphatic rings. The monoisotopic (exact) mass is 1310 g/mol. The van der Waals surface area contributed by atoms with E-state index < -0.39 is 12.1 Å². The minimum absolute atomic E-state index is 0.0258. The molecule has 93 heavy (non-hydrogen) atoms. The van der Waals surface area contributed by atoms with Gasteiger partial charge in [0.1, 0.15) is 0 Å². The van der Waals surface area contributed by atoms with Crippen molar-refractivity contribution >= 4 is 11.9 Å². The number of ether oxygens (including phenoxy) is 1. The van der Waals surface area contributed by atoms with E-state index in [1.807, 2.05) is 6.08 Å². The molecule has 0 aromatic rings. The fourth-order valence-electron chi connectivity index (χ4n) is 14.2. The van der Waals surface area contributed by atoms with Gasteiger partial charge in [-0.05, 0) is 32.1 Å². The van der Waals surface area contributed by atoms with E-state index in [9.17, 15) is 19.8 Å². The molecule has 0 spiro atoms. The molecule has 0 aromatic carbocycles. The third kappa shape index (κ3) is 79.5. The van der Waals surface area contributed by atoms with E-state index in [0.717, 1.165) is 38.5 Å². The van der Waals surface area contributed by atoms with Crippen LogP contribution in [0.2, 0.25) is 0 Å². The summed E-state index contributed by atoms with van der Waals surface area (Å²) in [6, 6.07) is -0.624. The van der Waals surface area contributed by atoms with E-state index in [4.69, 9.17) is 4.74 Å². The van der Waals surface area contributed by atoms with Gasteiger partial charge in [-0.15, -0.1) is 0 Å². The first kappa shape index (κ1) is 91.6. The van der Waals surface area contributed by atoms with Gasteiger partial charge in [-0.25, -0.2) is 0 Å². The smallest absolute Gasteiger partial charge is 0.305 e. The zero-order chi connectivity index (χ0) is 67.0. The molecule has 1 amide bonds. The van der Waals surface area contributed by atoms with E-state index in [0.29, 0.717) is 19.4 Å². The van der Waals surface area contributed by atoms with Crippen molar-refractivity contribution < 1.29 is 24.5 Å². The molecular formula is C87H171NO5. The summed E-state index contributed by atoms with van der Waals surface area (Å²) in [5.74, 6) is -0.0297. The number of carbonyl (C=O) groups is 2. The Morgan fingerprint density at radius 3 is 0.731 bits per heavy atom. The Kier molecular flexibility index (Phi) is 81.8. The molecule has 0 heterocycles. The fraction of sp³-hybridized carbons (Fsp3) is 0.954. The van der Waals surface area contributed by atoms with Crippen LogP contribution in [0.3, 0.4) is 0 Å². The third-order valence-electron chi connectivity index (χ3n) is 20.8. The van der Waals surface area contributed by atoms with Crippen LogP contribution in [0.5, 0.6) is 0 Å². The molecule has 0 aliphatic heterocycles. The lowest BCUT2D eigenvalue weighted by Crippen LogP contribution is -2.45. The van der Waals surface area contributed by atoms with Gasteiger partial charge >= 0.3 is 5.97 Å². The molecule has 0 radical (unpaired) electrons. The molecule has 0 bridgehead atoms. The highest BCUT2D eigenvalue weighted by atomic mass is 16.5. The second kappa shape index (κ2) is 83.0. The Bertz CT molecular complexity index is 1420. The van der Waals surface area contributed by atoms with E-state index in [2.05, 4.69) is 19.2 Å². The zero-order valence-electron chi connectivity index (χ0n) is 63.8. The lowest BCUT2D eigenvalue weighted by atomic mass is 10.0. The van der Waals surface area contributed by atoms with Gasteiger partial charge in [0.25, 0.3) is 0 Å². The highest BCUT2D eigenvalue weighted by Gasteiger charge is 2.18. The first-order valence-corrected chi connectivity index (χ1v) is 43.5. The lowest BCUT2D eigenvalue weighted by molar-refractivity contribution is -0.143. The maximum Gasteiger partial charge on any atom is 0.305 e. The van der Waals surface area contributed by atoms with E-state index in [1.54, 1.807) is 6.08 Å². The highest BCUT2D eigenvalue weighted by molar-refractivity contribution is 5.76. The summed E-state index contributed by atoms with van der Waals surface area (Å²) in [4.78, 5) is 24.6. The second-order valence-corrected chi connectivity index (χ2v) is 30.2. The number of carbonyl (C=O) groups excluding carboxylic acids is 2. The minimum atomic E-state index is -0.841. The van der Waals surface area contributed by atoms with E-state index >= 15 is 0 Å². The summed E-state index contributed by atoms with van der Waals surface area (Å²) < 4.78 is 5.49. The van der Waals surface area contributed by atoms with Crippen LogP contribution in [0.25, 0.3) is 0 Å². The summed E-state index contributed by atoms with van der Waals surface area (Å²) in [6.07, 6.45) is 107. The van der Waals surface area contributed by atoms with Crippen LogP contribution in [0.15, 0.2) is 12.2 Å². The first-order chi connectivity index (χ1) is 46.0. The molecule has 2 unspecified atom stereocenters. The van der Waals surface area contributed by atoms with E-state index in [1.165, 1.54) is 443 Å². The average molecular weight is 1310 g/mol. The number of hydrogen-bond donors (Lipinski definition) is 3. The lowest BCUT2D eigenvalue weighted by Gasteiger charge is -2.20. The normalized spacial score (nSPS) is 12.4. The number of aliphatic hydroxyl groups excluding tert-OH is 2. The van der Waals surface area contributed by atoms with Crippen molar-refractivity contribution in [2.24, 2.45) is 0 Å².